The Hall–Kier alpha value is -1.07. The zero-order chi connectivity index (χ0) is 15.0. The number of hydrogen-bond acceptors (Lipinski definition) is 3. The zero-order valence-electron chi connectivity index (χ0n) is 12.4. The highest BCUT2D eigenvalue weighted by Gasteiger charge is 2.09. The molecule has 0 saturated carbocycles. The molecule has 4 nitrogen and oxygen atoms in total. The van der Waals surface area contributed by atoms with E-state index < -0.39 is 0 Å². The maximum absolute atomic E-state index is 11.9. The number of alkyl halides is 1. The van der Waals surface area contributed by atoms with Gasteiger partial charge in [-0.05, 0) is 44.6 Å². The van der Waals surface area contributed by atoms with Crippen LogP contribution in [0.25, 0.3) is 0 Å². The normalized spacial score (nSPS) is 10.7. The molecule has 20 heavy (non-hydrogen) atoms. The number of anilines is 1. The minimum absolute atomic E-state index is 0.0336. The molecule has 0 heterocycles. The Bertz CT molecular complexity index is 436. The largest absolute Gasteiger partial charge is 0.495 e. The van der Waals surface area contributed by atoms with Crippen molar-refractivity contribution in [2.45, 2.75) is 25.8 Å². The molecule has 1 aromatic rings. The van der Waals surface area contributed by atoms with Crippen LogP contribution < -0.4 is 10.1 Å². The van der Waals surface area contributed by atoms with E-state index in [0.717, 1.165) is 36.0 Å². The number of carbonyl (C=O) groups excluding carboxylic acids is 1. The molecule has 1 N–H and O–H groups in total. The van der Waals surface area contributed by atoms with Gasteiger partial charge in [-0.15, -0.1) is 0 Å². The lowest BCUT2D eigenvalue weighted by Gasteiger charge is -2.14. The topological polar surface area (TPSA) is 41.6 Å². The molecule has 0 unspecified atom stereocenters. The summed E-state index contributed by atoms with van der Waals surface area (Å²) in [7, 11) is 5.65. The van der Waals surface area contributed by atoms with E-state index in [2.05, 4.69) is 26.1 Å². The number of methoxy groups -OCH3 is 1. The fraction of sp³-hybridized carbons (Fsp3) is 0.533. The summed E-state index contributed by atoms with van der Waals surface area (Å²) in [6, 6.07) is 5.88. The van der Waals surface area contributed by atoms with Gasteiger partial charge in [-0.2, -0.15) is 0 Å². The van der Waals surface area contributed by atoms with Crippen molar-refractivity contribution in [3.63, 3.8) is 0 Å². The zero-order valence-corrected chi connectivity index (χ0v) is 14.0. The average Bonchev–Trinajstić information content (AvgIpc) is 2.38. The molecule has 0 aromatic heterocycles. The Morgan fingerprint density at radius 2 is 2.10 bits per heavy atom. The number of ether oxygens (including phenoxy) is 1. The van der Waals surface area contributed by atoms with E-state index >= 15 is 0 Å². The van der Waals surface area contributed by atoms with E-state index in [-0.39, 0.29) is 5.91 Å². The third-order valence-corrected chi connectivity index (χ3v) is 3.38. The van der Waals surface area contributed by atoms with Crippen LogP contribution in [-0.2, 0) is 11.3 Å². The van der Waals surface area contributed by atoms with Gasteiger partial charge in [-0.1, -0.05) is 22.0 Å². The SMILES string of the molecule is COc1ccc(CN(C)C)cc1NC(=O)CCCCBr. The van der Waals surface area contributed by atoms with E-state index in [0.29, 0.717) is 12.2 Å². The van der Waals surface area contributed by atoms with Gasteiger partial charge in [-0.3, -0.25) is 4.79 Å². The van der Waals surface area contributed by atoms with E-state index in [1.807, 2.05) is 32.3 Å². The first-order valence-electron chi connectivity index (χ1n) is 6.74. The van der Waals surface area contributed by atoms with E-state index in [1.165, 1.54) is 0 Å². The van der Waals surface area contributed by atoms with Crippen LogP contribution in [0.15, 0.2) is 18.2 Å². The average molecular weight is 343 g/mol. The van der Waals surface area contributed by atoms with Gasteiger partial charge in [0.25, 0.3) is 0 Å². The number of nitrogens with one attached hydrogen (secondary N) is 1. The van der Waals surface area contributed by atoms with Crippen molar-refractivity contribution in [2.75, 3.05) is 31.9 Å². The third kappa shape index (κ3) is 5.92. The molecule has 1 amide bonds. The quantitative estimate of drug-likeness (QED) is 0.582. The lowest BCUT2D eigenvalue weighted by atomic mass is 10.1. The summed E-state index contributed by atoms with van der Waals surface area (Å²) in [5, 5.41) is 3.87. The number of unbranched alkanes of at least 4 members (excludes halogenated alkanes) is 1. The summed E-state index contributed by atoms with van der Waals surface area (Å²) in [5.74, 6) is 0.729. The highest BCUT2D eigenvalue weighted by Crippen LogP contribution is 2.26. The molecule has 0 fully saturated rings. The molecule has 0 aliphatic rings. The molecule has 0 atom stereocenters. The van der Waals surface area contributed by atoms with Gasteiger partial charge in [0.2, 0.25) is 5.91 Å². The lowest BCUT2D eigenvalue weighted by Crippen LogP contribution is -2.14. The minimum Gasteiger partial charge on any atom is -0.495 e. The summed E-state index contributed by atoms with van der Waals surface area (Å²) in [6.45, 7) is 0.830. The van der Waals surface area contributed by atoms with Gasteiger partial charge in [0.05, 0.1) is 12.8 Å². The van der Waals surface area contributed by atoms with E-state index in [1.54, 1.807) is 7.11 Å². The molecule has 1 rings (SSSR count). The van der Waals surface area contributed by atoms with Crippen LogP contribution in [0.4, 0.5) is 5.69 Å². The first-order chi connectivity index (χ1) is 9.56. The monoisotopic (exact) mass is 342 g/mol. The van der Waals surface area contributed by atoms with Crippen molar-refractivity contribution in [1.82, 2.24) is 4.90 Å². The molecule has 5 heteroatoms. The smallest absolute Gasteiger partial charge is 0.224 e. The first-order valence-corrected chi connectivity index (χ1v) is 7.86. The second-order valence-electron chi connectivity index (χ2n) is 4.97. The van der Waals surface area contributed by atoms with Crippen LogP contribution in [0.3, 0.4) is 0 Å². The summed E-state index contributed by atoms with van der Waals surface area (Å²) < 4.78 is 5.30. The van der Waals surface area contributed by atoms with Gasteiger partial charge in [-0.25, -0.2) is 0 Å². The number of nitrogens with zero attached hydrogens (tertiary/aromatic N) is 1. The second kappa shape index (κ2) is 8.97. The van der Waals surface area contributed by atoms with Gasteiger partial charge >= 0.3 is 0 Å². The number of hydrogen-bond donors (Lipinski definition) is 1. The summed E-state index contributed by atoms with van der Waals surface area (Å²) >= 11 is 3.37. The number of halogens is 1. The van der Waals surface area contributed by atoms with Crippen LogP contribution in [0.5, 0.6) is 5.75 Å². The molecular formula is C15H23BrN2O2. The Morgan fingerprint density at radius 3 is 2.70 bits per heavy atom. The maximum atomic E-state index is 11.9. The third-order valence-electron chi connectivity index (χ3n) is 2.82. The van der Waals surface area contributed by atoms with Crippen LogP contribution in [0, 0.1) is 0 Å². The van der Waals surface area contributed by atoms with Gasteiger partial charge in [0.15, 0.2) is 0 Å². The van der Waals surface area contributed by atoms with Crippen molar-refractivity contribution in [3.05, 3.63) is 23.8 Å². The van der Waals surface area contributed by atoms with Crippen LogP contribution in [0.2, 0.25) is 0 Å². The van der Waals surface area contributed by atoms with Crippen molar-refractivity contribution in [1.29, 1.82) is 0 Å². The molecule has 0 bridgehead atoms. The summed E-state index contributed by atoms with van der Waals surface area (Å²) in [6.07, 6.45) is 2.43. The number of carbonyl (C=O) groups is 1. The standard InChI is InChI=1S/C15H23BrN2O2/c1-18(2)11-12-7-8-14(20-3)13(10-12)17-15(19)6-4-5-9-16/h7-8,10H,4-6,9,11H2,1-3H3,(H,17,19). The predicted molar refractivity (Wildman–Crippen MR) is 86.7 cm³/mol. The van der Waals surface area contributed by atoms with Crippen molar-refractivity contribution in [3.8, 4) is 5.75 Å². The van der Waals surface area contributed by atoms with E-state index in [4.69, 9.17) is 4.74 Å². The Balaban J connectivity index is 2.72. The van der Waals surface area contributed by atoms with Crippen LogP contribution in [-0.4, -0.2) is 37.3 Å². The Morgan fingerprint density at radius 1 is 1.35 bits per heavy atom. The minimum atomic E-state index is 0.0336. The van der Waals surface area contributed by atoms with Crippen LogP contribution in [0.1, 0.15) is 24.8 Å². The lowest BCUT2D eigenvalue weighted by molar-refractivity contribution is -0.116. The Kier molecular flexibility index (Phi) is 7.62. The highest BCUT2D eigenvalue weighted by atomic mass is 79.9. The number of rotatable bonds is 8. The Labute approximate surface area is 129 Å². The van der Waals surface area contributed by atoms with Crippen molar-refractivity contribution < 1.29 is 9.53 Å². The molecule has 0 radical (unpaired) electrons. The maximum Gasteiger partial charge on any atom is 0.224 e. The molecular weight excluding hydrogens is 320 g/mol. The summed E-state index contributed by atoms with van der Waals surface area (Å²) in [5.41, 5.74) is 1.89. The molecule has 112 valence electrons. The van der Waals surface area contributed by atoms with Gasteiger partial charge in [0.1, 0.15) is 5.75 Å². The predicted octanol–water partition coefficient (Wildman–Crippen LogP) is 3.26. The fourth-order valence-corrected chi connectivity index (χ4v) is 2.31. The molecule has 0 aliphatic heterocycles. The molecule has 0 aliphatic carbocycles. The molecule has 0 saturated heterocycles. The van der Waals surface area contributed by atoms with Gasteiger partial charge < -0.3 is 15.0 Å². The molecule has 1 aromatic carbocycles. The van der Waals surface area contributed by atoms with Crippen molar-refractivity contribution >= 4 is 27.5 Å². The molecule has 0 spiro atoms. The number of benzene rings is 1. The fourth-order valence-electron chi connectivity index (χ4n) is 1.91. The van der Waals surface area contributed by atoms with E-state index in [9.17, 15) is 4.79 Å². The highest BCUT2D eigenvalue weighted by molar-refractivity contribution is 9.09. The second-order valence-corrected chi connectivity index (χ2v) is 5.76. The van der Waals surface area contributed by atoms with Crippen LogP contribution >= 0.6 is 15.9 Å². The van der Waals surface area contributed by atoms with Gasteiger partial charge in [0, 0.05) is 18.3 Å². The summed E-state index contributed by atoms with van der Waals surface area (Å²) in [4.78, 5) is 14.0. The van der Waals surface area contributed by atoms with Crippen molar-refractivity contribution in [2.24, 2.45) is 0 Å². The number of amides is 1. The first kappa shape index (κ1) is 17.0.